The van der Waals surface area contributed by atoms with Crippen LogP contribution in [0.1, 0.15) is 265 Å². The first-order chi connectivity index (χ1) is 37.0. The van der Waals surface area contributed by atoms with Crippen molar-refractivity contribution in [2.24, 2.45) is 0 Å². The monoisotopic (exact) mass is 1040 g/mol. The molecule has 0 spiro atoms. The van der Waals surface area contributed by atoms with E-state index >= 15 is 0 Å². The van der Waals surface area contributed by atoms with Gasteiger partial charge in [0.25, 0.3) is 0 Å². The molecule has 6 nitrogen and oxygen atoms in total. The Bertz CT molecular complexity index is 1620. The van der Waals surface area contributed by atoms with Crippen LogP contribution < -0.4 is 0 Å². The minimum Gasteiger partial charge on any atom is -0.462 e. The molecule has 0 fully saturated rings. The fourth-order valence-corrected chi connectivity index (χ4v) is 8.05. The normalized spacial score (nSPS) is 13.1. The molecule has 0 bridgehead atoms. The highest BCUT2D eigenvalue weighted by Gasteiger charge is 2.19. The molecule has 0 N–H and O–H groups in total. The van der Waals surface area contributed by atoms with Gasteiger partial charge in [0.15, 0.2) is 6.10 Å². The fourth-order valence-electron chi connectivity index (χ4n) is 8.05. The zero-order valence-corrected chi connectivity index (χ0v) is 48.5. The second-order valence-corrected chi connectivity index (χ2v) is 19.9. The number of hydrogen-bond donors (Lipinski definition) is 0. The molecule has 0 rings (SSSR count). The maximum Gasteiger partial charge on any atom is 0.306 e. The maximum atomic E-state index is 12.8. The van der Waals surface area contributed by atoms with Crippen LogP contribution in [0.15, 0.2) is 134 Å². The van der Waals surface area contributed by atoms with Crippen LogP contribution in [0.5, 0.6) is 0 Å². The summed E-state index contributed by atoms with van der Waals surface area (Å²) in [5, 5.41) is 0. The summed E-state index contributed by atoms with van der Waals surface area (Å²) in [4.78, 5) is 37.9. The molecular formula is C69H112O6. The lowest BCUT2D eigenvalue weighted by Crippen LogP contribution is -2.30. The van der Waals surface area contributed by atoms with E-state index in [4.69, 9.17) is 14.2 Å². The SMILES string of the molecule is CC/C=C\C/C=C\C/C=C\C/C=C\C/C=C\C/C=C\C/C=C\C/C=C\C/C=C\C/C=C\CCCCCCC(=O)OCC(COC(=O)CCCCCCCC)OC(=O)CCCCCCC/C=C\CCCCCCCCC. The van der Waals surface area contributed by atoms with Gasteiger partial charge in [0.1, 0.15) is 13.2 Å². The summed E-state index contributed by atoms with van der Waals surface area (Å²) in [6.45, 7) is 6.43. The van der Waals surface area contributed by atoms with E-state index in [0.717, 1.165) is 148 Å². The Hall–Kier alpha value is -4.45. The summed E-state index contributed by atoms with van der Waals surface area (Å²) in [6.07, 6.45) is 87.7. The van der Waals surface area contributed by atoms with E-state index in [1.54, 1.807) is 0 Å². The topological polar surface area (TPSA) is 78.9 Å². The fraction of sp³-hybridized carbons (Fsp3) is 0.638. The van der Waals surface area contributed by atoms with Crippen molar-refractivity contribution in [3.63, 3.8) is 0 Å². The Morgan fingerprint density at radius 1 is 0.280 bits per heavy atom. The van der Waals surface area contributed by atoms with Gasteiger partial charge in [-0.15, -0.1) is 0 Å². The van der Waals surface area contributed by atoms with Crippen molar-refractivity contribution in [2.75, 3.05) is 13.2 Å². The molecule has 0 aliphatic carbocycles. The summed E-state index contributed by atoms with van der Waals surface area (Å²) in [5.74, 6) is -0.938. The lowest BCUT2D eigenvalue weighted by atomic mass is 10.1. The van der Waals surface area contributed by atoms with Gasteiger partial charge in [-0.2, -0.15) is 0 Å². The Kier molecular flexibility index (Phi) is 58.4. The molecule has 0 aromatic heterocycles. The maximum absolute atomic E-state index is 12.8. The molecule has 1 unspecified atom stereocenters. The van der Waals surface area contributed by atoms with Crippen LogP contribution in [0.25, 0.3) is 0 Å². The predicted molar refractivity (Wildman–Crippen MR) is 325 cm³/mol. The van der Waals surface area contributed by atoms with Gasteiger partial charge in [0.05, 0.1) is 0 Å². The van der Waals surface area contributed by atoms with Gasteiger partial charge >= 0.3 is 17.9 Å². The second-order valence-electron chi connectivity index (χ2n) is 19.9. The van der Waals surface area contributed by atoms with Crippen molar-refractivity contribution < 1.29 is 28.6 Å². The van der Waals surface area contributed by atoms with Gasteiger partial charge in [0.2, 0.25) is 0 Å². The number of rotatable bonds is 54. The van der Waals surface area contributed by atoms with E-state index in [1.807, 2.05) is 0 Å². The zero-order valence-electron chi connectivity index (χ0n) is 48.5. The summed E-state index contributed by atoms with van der Waals surface area (Å²) < 4.78 is 16.7. The molecule has 0 aromatic rings. The van der Waals surface area contributed by atoms with Crippen LogP contribution in [0.2, 0.25) is 0 Å². The summed E-state index contributed by atoms with van der Waals surface area (Å²) in [7, 11) is 0. The van der Waals surface area contributed by atoms with Crippen molar-refractivity contribution in [1.29, 1.82) is 0 Å². The largest absolute Gasteiger partial charge is 0.462 e. The smallest absolute Gasteiger partial charge is 0.306 e. The van der Waals surface area contributed by atoms with Gasteiger partial charge in [-0.25, -0.2) is 0 Å². The lowest BCUT2D eigenvalue weighted by Gasteiger charge is -2.18. The van der Waals surface area contributed by atoms with E-state index in [1.165, 1.54) is 77.0 Å². The minimum absolute atomic E-state index is 0.0916. The predicted octanol–water partition coefficient (Wildman–Crippen LogP) is 21.0. The molecule has 0 aromatic carbocycles. The minimum atomic E-state index is -0.793. The molecule has 0 saturated heterocycles. The number of unbranched alkanes of at least 4 members (excludes halogenated alkanes) is 21. The van der Waals surface area contributed by atoms with Crippen molar-refractivity contribution in [3.8, 4) is 0 Å². The van der Waals surface area contributed by atoms with E-state index in [-0.39, 0.29) is 31.1 Å². The molecule has 0 aliphatic rings. The number of carbonyl (C=O) groups excluding carboxylic acids is 3. The molecular weight excluding hydrogens is 925 g/mol. The van der Waals surface area contributed by atoms with E-state index < -0.39 is 6.10 Å². The molecule has 0 aliphatic heterocycles. The van der Waals surface area contributed by atoms with Gasteiger partial charge in [0, 0.05) is 19.3 Å². The lowest BCUT2D eigenvalue weighted by molar-refractivity contribution is -0.167. The van der Waals surface area contributed by atoms with Gasteiger partial charge in [-0.1, -0.05) is 257 Å². The number of allylic oxidation sites excluding steroid dienone is 22. The Labute approximate surface area is 462 Å². The van der Waals surface area contributed by atoms with Crippen molar-refractivity contribution in [1.82, 2.24) is 0 Å². The molecule has 0 amide bonds. The first kappa shape index (κ1) is 70.5. The van der Waals surface area contributed by atoms with Crippen LogP contribution in [0, 0.1) is 0 Å². The highest BCUT2D eigenvalue weighted by atomic mass is 16.6. The van der Waals surface area contributed by atoms with E-state index in [9.17, 15) is 14.4 Å². The molecule has 6 heteroatoms. The number of carbonyl (C=O) groups is 3. The Balaban J connectivity index is 4.17. The van der Waals surface area contributed by atoms with Gasteiger partial charge < -0.3 is 14.2 Å². The quantitative estimate of drug-likeness (QED) is 0.0261. The average molecular weight is 1040 g/mol. The van der Waals surface area contributed by atoms with Crippen molar-refractivity contribution >= 4 is 17.9 Å². The Morgan fingerprint density at radius 3 is 0.827 bits per heavy atom. The van der Waals surface area contributed by atoms with Crippen LogP contribution in [0.4, 0.5) is 0 Å². The molecule has 0 heterocycles. The summed E-state index contributed by atoms with van der Waals surface area (Å²) in [6, 6.07) is 0. The average Bonchev–Trinajstić information content (AvgIpc) is 3.41. The van der Waals surface area contributed by atoms with Gasteiger partial charge in [-0.05, 0) is 122 Å². The molecule has 1 atom stereocenters. The second kappa shape index (κ2) is 62.1. The van der Waals surface area contributed by atoms with Crippen LogP contribution in [-0.2, 0) is 28.6 Å². The summed E-state index contributed by atoms with van der Waals surface area (Å²) >= 11 is 0. The Morgan fingerprint density at radius 2 is 0.520 bits per heavy atom. The number of hydrogen-bond acceptors (Lipinski definition) is 6. The third kappa shape index (κ3) is 60.3. The van der Waals surface area contributed by atoms with Crippen LogP contribution in [0.3, 0.4) is 0 Å². The highest BCUT2D eigenvalue weighted by Crippen LogP contribution is 2.14. The zero-order chi connectivity index (χ0) is 54.3. The van der Waals surface area contributed by atoms with Crippen molar-refractivity contribution in [2.45, 2.75) is 271 Å². The summed E-state index contributed by atoms with van der Waals surface area (Å²) in [5.41, 5.74) is 0. The van der Waals surface area contributed by atoms with Crippen LogP contribution >= 0.6 is 0 Å². The van der Waals surface area contributed by atoms with Crippen LogP contribution in [-0.4, -0.2) is 37.2 Å². The molecule has 424 valence electrons. The number of esters is 3. The molecule has 0 saturated carbocycles. The molecule has 0 radical (unpaired) electrons. The first-order valence-corrected chi connectivity index (χ1v) is 30.7. The third-order valence-electron chi connectivity index (χ3n) is 12.6. The molecule has 75 heavy (non-hydrogen) atoms. The standard InChI is InChI=1S/C69H112O6/c1-4-7-10-13-16-18-20-22-24-26-27-28-29-30-31-32-33-34-35-36-37-38-39-40-41-42-43-44-46-47-49-51-53-56-59-62-68(71)74-65-66(64-73-67(70)61-58-55-15-12-9-6-3)75-69(72)63-60-57-54-52-50-48-45-25-23-21-19-17-14-11-8-5-2/h7,10,16,18,22,24-25,27-28,30-31,33-34,36-37,39-40,42-43,45-47,66H,4-6,8-9,11-15,17,19-21,23,26,29,32,35,38,41,44,48-65H2,1-3H3/b10-7-,18-16-,24-22-,28-27-,31-30-,34-33-,37-36-,40-39-,43-42-,45-25-,47-46-. The van der Waals surface area contributed by atoms with E-state index in [0.29, 0.717) is 19.3 Å². The van der Waals surface area contributed by atoms with E-state index in [2.05, 4.69) is 154 Å². The first-order valence-electron chi connectivity index (χ1n) is 30.7. The number of ether oxygens (including phenoxy) is 3. The van der Waals surface area contributed by atoms with Gasteiger partial charge in [-0.3, -0.25) is 14.4 Å². The highest BCUT2D eigenvalue weighted by molar-refractivity contribution is 5.71. The third-order valence-corrected chi connectivity index (χ3v) is 12.6. The van der Waals surface area contributed by atoms with Crippen molar-refractivity contribution in [3.05, 3.63) is 134 Å².